The molecule has 170 valence electrons. The van der Waals surface area contributed by atoms with E-state index in [0.717, 1.165) is 24.0 Å². The van der Waals surface area contributed by atoms with Gasteiger partial charge in [-0.1, -0.05) is 17.9 Å². The first-order valence-corrected chi connectivity index (χ1v) is 11.8. The van der Waals surface area contributed by atoms with Gasteiger partial charge in [0.1, 0.15) is 12.1 Å². The van der Waals surface area contributed by atoms with Gasteiger partial charge in [-0.05, 0) is 59.9 Å². The van der Waals surface area contributed by atoms with E-state index in [-0.39, 0.29) is 23.8 Å². The highest BCUT2D eigenvalue weighted by atomic mass is 32.1. The number of benzene rings is 1. The Morgan fingerprint density at radius 2 is 2.03 bits per heavy atom. The number of hydrogen-bond donors (Lipinski definition) is 3. The third-order valence-electron chi connectivity index (χ3n) is 5.60. The molecule has 9 heteroatoms. The maximum atomic E-state index is 12.7. The lowest BCUT2D eigenvalue weighted by Crippen LogP contribution is -2.29. The zero-order chi connectivity index (χ0) is 23.7. The molecule has 5 rings (SSSR count). The first kappa shape index (κ1) is 21.7. The summed E-state index contributed by atoms with van der Waals surface area (Å²) < 4.78 is 1.43. The third kappa shape index (κ3) is 4.49. The average Bonchev–Trinajstić information content (AvgIpc) is 3.33. The van der Waals surface area contributed by atoms with Crippen LogP contribution in [0.1, 0.15) is 45.5 Å². The summed E-state index contributed by atoms with van der Waals surface area (Å²) in [6.45, 7) is 2.40. The predicted octanol–water partition coefficient (Wildman–Crippen LogP) is 3.43. The molecule has 1 aliphatic carbocycles. The molecule has 2 amide bonds. The first-order chi connectivity index (χ1) is 16.5. The summed E-state index contributed by atoms with van der Waals surface area (Å²) in [5.41, 5.74) is 10.3. The Morgan fingerprint density at radius 3 is 2.79 bits per heavy atom. The third-order valence-corrected chi connectivity index (χ3v) is 6.33. The van der Waals surface area contributed by atoms with Crippen molar-refractivity contribution in [3.8, 4) is 11.8 Å². The minimum absolute atomic E-state index is 0.166. The number of nitrogens with zero attached hydrogens (tertiary/aromatic N) is 3. The van der Waals surface area contributed by atoms with Crippen LogP contribution in [0.15, 0.2) is 47.5 Å². The van der Waals surface area contributed by atoms with Gasteiger partial charge in [0.25, 0.3) is 5.91 Å². The Hall–Kier alpha value is -4.16. The molecule has 1 fully saturated rings. The van der Waals surface area contributed by atoms with Crippen LogP contribution >= 0.6 is 11.3 Å². The van der Waals surface area contributed by atoms with Crippen LogP contribution in [0.4, 0.5) is 10.6 Å². The zero-order valence-electron chi connectivity index (χ0n) is 18.5. The van der Waals surface area contributed by atoms with Gasteiger partial charge in [0.15, 0.2) is 5.65 Å². The Kier molecular flexibility index (Phi) is 5.74. The van der Waals surface area contributed by atoms with E-state index in [4.69, 9.17) is 5.73 Å². The van der Waals surface area contributed by atoms with Crippen molar-refractivity contribution in [2.75, 3.05) is 5.73 Å². The number of aryl methyl sites for hydroxylation is 1. The van der Waals surface area contributed by atoms with Crippen molar-refractivity contribution in [1.29, 1.82) is 0 Å². The minimum Gasteiger partial charge on any atom is -0.383 e. The van der Waals surface area contributed by atoms with Crippen LogP contribution in [0.2, 0.25) is 0 Å². The summed E-state index contributed by atoms with van der Waals surface area (Å²) in [6, 6.07) is 7.34. The number of hydrogen-bond acceptors (Lipinski definition) is 6. The van der Waals surface area contributed by atoms with Gasteiger partial charge in [-0.3, -0.25) is 9.36 Å². The molecule has 0 unspecified atom stereocenters. The smallest absolute Gasteiger partial charge is 0.327 e. The maximum absolute atomic E-state index is 12.7. The summed E-state index contributed by atoms with van der Waals surface area (Å²) >= 11 is 1.59. The van der Waals surface area contributed by atoms with Gasteiger partial charge < -0.3 is 16.4 Å². The first-order valence-electron chi connectivity index (χ1n) is 10.8. The van der Waals surface area contributed by atoms with E-state index in [1.54, 1.807) is 29.7 Å². The Labute approximate surface area is 200 Å². The van der Waals surface area contributed by atoms with Gasteiger partial charge in [-0.15, -0.1) is 0 Å². The number of thiophene rings is 1. The summed E-state index contributed by atoms with van der Waals surface area (Å²) in [4.78, 5) is 33.6. The van der Waals surface area contributed by atoms with E-state index >= 15 is 0 Å². The van der Waals surface area contributed by atoms with E-state index < -0.39 is 0 Å². The van der Waals surface area contributed by atoms with Crippen molar-refractivity contribution in [1.82, 2.24) is 25.2 Å². The quantitative estimate of drug-likeness (QED) is 0.395. The molecule has 3 heterocycles. The van der Waals surface area contributed by atoms with Gasteiger partial charge in [-0.25, -0.2) is 14.8 Å². The van der Waals surface area contributed by atoms with Crippen molar-refractivity contribution in [2.45, 2.75) is 32.4 Å². The van der Waals surface area contributed by atoms with Crippen LogP contribution < -0.4 is 16.4 Å². The van der Waals surface area contributed by atoms with Crippen LogP contribution in [0.25, 0.3) is 11.0 Å². The second kappa shape index (κ2) is 9.00. The number of nitrogens with one attached hydrogen (secondary N) is 2. The second-order valence-corrected chi connectivity index (χ2v) is 8.97. The number of amides is 2. The van der Waals surface area contributed by atoms with Gasteiger partial charge in [0.05, 0.1) is 10.9 Å². The molecule has 34 heavy (non-hydrogen) atoms. The topological polar surface area (TPSA) is 115 Å². The van der Waals surface area contributed by atoms with E-state index in [1.807, 2.05) is 29.8 Å². The SMILES string of the molecule is Cc1ccc(C(=O)NCc2ccsc2)cc1C#Cc1cn(C(=O)NC2CC2)c2ncnc(N)c12. The predicted molar refractivity (Wildman–Crippen MR) is 132 cm³/mol. The van der Waals surface area contributed by atoms with Gasteiger partial charge in [0, 0.05) is 29.9 Å². The highest BCUT2D eigenvalue weighted by molar-refractivity contribution is 7.07. The van der Waals surface area contributed by atoms with Crippen LogP contribution in [-0.2, 0) is 6.54 Å². The van der Waals surface area contributed by atoms with Gasteiger partial charge >= 0.3 is 6.03 Å². The van der Waals surface area contributed by atoms with Crippen LogP contribution in [0.3, 0.4) is 0 Å². The molecule has 1 saturated carbocycles. The van der Waals surface area contributed by atoms with Gasteiger partial charge in [0.2, 0.25) is 0 Å². The normalized spacial score (nSPS) is 12.7. The van der Waals surface area contributed by atoms with Crippen molar-refractivity contribution >= 4 is 40.1 Å². The molecule has 1 aromatic carbocycles. The molecule has 4 N–H and O–H groups in total. The van der Waals surface area contributed by atoms with E-state index in [1.165, 1.54) is 10.9 Å². The summed E-state index contributed by atoms with van der Waals surface area (Å²) in [6.07, 6.45) is 4.92. The lowest BCUT2D eigenvalue weighted by molar-refractivity contribution is 0.0951. The van der Waals surface area contributed by atoms with Crippen LogP contribution in [0.5, 0.6) is 0 Å². The molecule has 0 atom stereocenters. The summed E-state index contributed by atoms with van der Waals surface area (Å²) in [7, 11) is 0. The Bertz CT molecular complexity index is 1460. The number of nitrogen functional groups attached to an aromatic ring is 1. The fourth-order valence-corrected chi connectivity index (χ4v) is 4.19. The van der Waals surface area contributed by atoms with E-state index in [0.29, 0.717) is 34.3 Å². The van der Waals surface area contributed by atoms with Crippen molar-refractivity contribution in [3.63, 3.8) is 0 Å². The molecule has 4 aromatic rings. The van der Waals surface area contributed by atoms with Crippen molar-refractivity contribution < 1.29 is 9.59 Å². The maximum Gasteiger partial charge on any atom is 0.327 e. The second-order valence-electron chi connectivity index (χ2n) is 8.19. The lowest BCUT2D eigenvalue weighted by atomic mass is 10.0. The zero-order valence-corrected chi connectivity index (χ0v) is 19.3. The summed E-state index contributed by atoms with van der Waals surface area (Å²) in [5, 5.41) is 10.4. The van der Waals surface area contributed by atoms with Crippen molar-refractivity contribution in [2.24, 2.45) is 0 Å². The molecule has 1 aliphatic rings. The van der Waals surface area contributed by atoms with Crippen LogP contribution in [0, 0.1) is 18.8 Å². The number of anilines is 1. The summed E-state index contributed by atoms with van der Waals surface area (Å²) in [5.74, 6) is 6.33. The minimum atomic E-state index is -0.265. The molecule has 3 aromatic heterocycles. The average molecular weight is 471 g/mol. The number of carbonyl (C=O) groups excluding carboxylic acids is 2. The Morgan fingerprint density at radius 1 is 1.21 bits per heavy atom. The molecule has 0 aliphatic heterocycles. The lowest BCUT2D eigenvalue weighted by Gasteiger charge is -2.06. The molecular weight excluding hydrogens is 448 g/mol. The monoisotopic (exact) mass is 470 g/mol. The number of fused-ring (bicyclic) bond motifs is 1. The number of carbonyl (C=O) groups is 2. The number of rotatable bonds is 4. The number of aromatic nitrogens is 3. The highest BCUT2D eigenvalue weighted by Gasteiger charge is 2.25. The molecular formula is C25H22N6O2S. The molecule has 0 spiro atoms. The fraction of sp³-hybridized carbons (Fsp3) is 0.200. The van der Waals surface area contributed by atoms with Crippen LogP contribution in [-0.4, -0.2) is 32.5 Å². The number of nitrogens with two attached hydrogens (primary N) is 1. The Balaban J connectivity index is 1.45. The molecule has 0 saturated heterocycles. The van der Waals surface area contributed by atoms with E-state index in [9.17, 15) is 9.59 Å². The fourth-order valence-electron chi connectivity index (χ4n) is 3.52. The van der Waals surface area contributed by atoms with Crippen molar-refractivity contribution in [3.05, 3.63) is 75.4 Å². The molecule has 0 radical (unpaired) electrons. The van der Waals surface area contributed by atoms with E-state index in [2.05, 4.69) is 32.4 Å². The largest absolute Gasteiger partial charge is 0.383 e. The molecule has 8 nitrogen and oxygen atoms in total. The standard InChI is InChI=1S/C25H22N6O2S/c1-15-2-3-18(24(32)27-11-16-8-9-34-13-16)10-17(15)4-5-19-12-31(25(33)30-20-6-7-20)23-21(19)22(26)28-14-29-23/h2-3,8-10,12-14,20H,6-7,11H2,1H3,(H,27,32)(H,30,33)(H2,26,28,29). The molecule has 0 bridgehead atoms. The highest BCUT2D eigenvalue weighted by Crippen LogP contribution is 2.25. The van der Waals surface area contributed by atoms with Gasteiger partial charge in [-0.2, -0.15) is 11.3 Å².